The standard InChI is InChI=1S/C10H15N3O2/c1-2-7(6-11)10(15)13-9-8(14)4-3-5-12-9/h3-5,7,14H,2,6,11H2,1H3,(H,12,13,15). The second kappa shape index (κ2) is 5.31. The van der Waals surface area contributed by atoms with Crippen molar-refractivity contribution >= 4 is 11.7 Å². The van der Waals surface area contributed by atoms with Gasteiger partial charge >= 0.3 is 0 Å². The Morgan fingerprint density at radius 1 is 1.73 bits per heavy atom. The molecule has 0 spiro atoms. The molecule has 1 atom stereocenters. The first kappa shape index (κ1) is 11.5. The Kier molecular flexibility index (Phi) is 4.05. The Morgan fingerprint density at radius 3 is 3.00 bits per heavy atom. The molecule has 0 saturated heterocycles. The maximum absolute atomic E-state index is 11.6. The van der Waals surface area contributed by atoms with Crippen LogP contribution in [0.1, 0.15) is 13.3 Å². The first-order valence-corrected chi connectivity index (χ1v) is 4.84. The Bertz CT molecular complexity index is 337. The van der Waals surface area contributed by atoms with E-state index >= 15 is 0 Å². The van der Waals surface area contributed by atoms with E-state index in [1.807, 2.05) is 6.92 Å². The topological polar surface area (TPSA) is 88.2 Å². The van der Waals surface area contributed by atoms with E-state index in [1.165, 1.54) is 12.3 Å². The van der Waals surface area contributed by atoms with Crippen LogP contribution in [0.5, 0.6) is 5.75 Å². The Balaban J connectivity index is 2.70. The number of aromatic hydroxyl groups is 1. The van der Waals surface area contributed by atoms with Gasteiger partial charge in [-0.3, -0.25) is 4.79 Å². The van der Waals surface area contributed by atoms with Crippen LogP contribution in [0.4, 0.5) is 5.82 Å². The van der Waals surface area contributed by atoms with Gasteiger partial charge in [0.25, 0.3) is 0 Å². The third-order valence-electron chi connectivity index (χ3n) is 2.18. The summed E-state index contributed by atoms with van der Waals surface area (Å²) in [5.74, 6) is -0.326. The molecule has 0 bridgehead atoms. The monoisotopic (exact) mass is 209 g/mol. The quantitative estimate of drug-likeness (QED) is 0.681. The van der Waals surface area contributed by atoms with Crippen LogP contribution in [-0.2, 0) is 4.79 Å². The summed E-state index contributed by atoms with van der Waals surface area (Å²) in [6, 6.07) is 3.05. The summed E-state index contributed by atoms with van der Waals surface area (Å²) in [5, 5.41) is 11.9. The third kappa shape index (κ3) is 2.92. The summed E-state index contributed by atoms with van der Waals surface area (Å²) in [5.41, 5.74) is 5.43. The third-order valence-corrected chi connectivity index (χ3v) is 2.18. The smallest absolute Gasteiger partial charge is 0.230 e. The maximum atomic E-state index is 11.6. The van der Waals surface area contributed by atoms with E-state index in [9.17, 15) is 9.90 Å². The number of carbonyl (C=O) groups is 1. The number of carbonyl (C=O) groups excluding carboxylic acids is 1. The van der Waals surface area contributed by atoms with Crippen LogP contribution in [0.25, 0.3) is 0 Å². The highest BCUT2D eigenvalue weighted by Crippen LogP contribution is 2.19. The van der Waals surface area contributed by atoms with Crippen LogP contribution < -0.4 is 11.1 Å². The molecule has 1 aromatic heterocycles. The highest BCUT2D eigenvalue weighted by atomic mass is 16.3. The number of aromatic nitrogens is 1. The molecule has 1 unspecified atom stereocenters. The summed E-state index contributed by atoms with van der Waals surface area (Å²) in [6.45, 7) is 2.17. The van der Waals surface area contributed by atoms with Crippen LogP contribution in [-0.4, -0.2) is 22.5 Å². The van der Waals surface area contributed by atoms with Crippen molar-refractivity contribution in [2.75, 3.05) is 11.9 Å². The minimum atomic E-state index is -0.244. The predicted octanol–water partition coefficient (Wildman–Crippen LogP) is 0.711. The van der Waals surface area contributed by atoms with Crippen LogP contribution in [0.15, 0.2) is 18.3 Å². The Hall–Kier alpha value is -1.62. The minimum Gasteiger partial charge on any atom is -0.504 e. The summed E-state index contributed by atoms with van der Waals surface area (Å²) in [6.07, 6.45) is 2.16. The molecule has 0 aromatic carbocycles. The fourth-order valence-corrected chi connectivity index (χ4v) is 1.17. The average Bonchev–Trinajstić information content (AvgIpc) is 2.23. The molecule has 0 fully saturated rings. The number of nitrogens with two attached hydrogens (primary N) is 1. The number of pyridine rings is 1. The fourth-order valence-electron chi connectivity index (χ4n) is 1.17. The molecule has 1 aromatic rings. The van der Waals surface area contributed by atoms with Crippen molar-refractivity contribution < 1.29 is 9.90 Å². The van der Waals surface area contributed by atoms with Gasteiger partial charge in [0.15, 0.2) is 11.6 Å². The molecule has 0 saturated carbocycles. The minimum absolute atomic E-state index is 0.0438. The first-order chi connectivity index (χ1) is 7.19. The van der Waals surface area contributed by atoms with Gasteiger partial charge in [-0.1, -0.05) is 6.92 Å². The second-order valence-corrected chi connectivity index (χ2v) is 3.20. The van der Waals surface area contributed by atoms with Crippen molar-refractivity contribution in [2.45, 2.75) is 13.3 Å². The lowest BCUT2D eigenvalue weighted by Crippen LogP contribution is -2.28. The van der Waals surface area contributed by atoms with Crippen molar-refractivity contribution in [3.8, 4) is 5.75 Å². The average molecular weight is 209 g/mol. The molecule has 15 heavy (non-hydrogen) atoms. The number of hydrogen-bond acceptors (Lipinski definition) is 4. The van der Waals surface area contributed by atoms with Crippen LogP contribution >= 0.6 is 0 Å². The first-order valence-electron chi connectivity index (χ1n) is 4.84. The van der Waals surface area contributed by atoms with Gasteiger partial charge in [-0.25, -0.2) is 4.98 Å². The zero-order chi connectivity index (χ0) is 11.3. The molecule has 1 heterocycles. The van der Waals surface area contributed by atoms with Crippen molar-refractivity contribution in [2.24, 2.45) is 11.7 Å². The van der Waals surface area contributed by atoms with Crippen molar-refractivity contribution in [3.63, 3.8) is 0 Å². The Labute approximate surface area is 88.3 Å². The number of anilines is 1. The predicted molar refractivity (Wildman–Crippen MR) is 57.4 cm³/mol. The molecule has 0 aliphatic carbocycles. The molecule has 82 valence electrons. The van der Waals surface area contributed by atoms with E-state index in [4.69, 9.17) is 5.73 Å². The number of rotatable bonds is 4. The van der Waals surface area contributed by atoms with Gasteiger partial charge in [-0.2, -0.15) is 0 Å². The van der Waals surface area contributed by atoms with Crippen molar-refractivity contribution in [3.05, 3.63) is 18.3 Å². The van der Waals surface area contributed by atoms with Gasteiger partial charge < -0.3 is 16.2 Å². The normalized spacial score (nSPS) is 12.1. The molecule has 5 heteroatoms. The fraction of sp³-hybridized carbons (Fsp3) is 0.400. The largest absolute Gasteiger partial charge is 0.504 e. The molecule has 5 nitrogen and oxygen atoms in total. The van der Waals surface area contributed by atoms with Gasteiger partial charge in [-0.05, 0) is 18.6 Å². The molecule has 0 aliphatic rings. The molecule has 0 radical (unpaired) electrons. The maximum Gasteiger partial charge on any atom is 0.230 e. The summed E-state index contributed by atoms with van der Waals surface area (Å²) in [4.78, 5) is 15.4. The van der Waals surface area contributed by atoms with Crippen LogP contribution in [0.3, 0.4) is 0 Å². The van der Waals surface area contributed by atoms with Gasteiger partial charge in [0, 0.05) is 12.7 Å². The SMILES string of the molecule is CCC(CN)C(=O)Nc1ncccc1O. The number of nitrogens with zero attached hydrogens (tertiary/aromatic N) is 1. The zero-order valence-electron chi connectivity index (χ0n) is 8.60. The van der Waals surface area contributed by atoms with Crippen LogP contribution in [0.2, 0.25) is 0 Å². The number of hydrogen-bond donors (Lipinski definition) is 3. The van der Waals surface area contributed by atoms with E-state index in [0.29, 0.717) is 6.42 Å². The summed E-state index contributed by atoms with van der Waals surface area (Å²) < 4.78 is 0. The van der Waals surface area contributed by atoms with E-state index in [2.05, 4.69) is 10.3 Å². The number of nitrogens with one attached hydrogen (secondary N) is 1. The molecule has 1 rings (SSSR count). The Morgan fingerprint density at radius 2 is 2.47 bits per heavy atom. The lowest BCUT2D eigenvalue weighted by Gasteiger charge is -2.12. The van der Waals surface area contributed by atoms with E-state index in [1.54, 1.807) is 6.07 Å². The second-order valence-electron chi connectivity index (χ2n) is 3.20. The van der Waals surface area contributed by atoms with Crippen molar-refractivity contribution in [1.82, 2.24) is 4.98 Å². The molecule has 1 amide bonds. The molecular formula is C10H15N3O2. The van der Waals surface area contributed by atoms with E-state index in [-0.39, 0.29) is 29.9 Å². The lowest BCUT2D eigenvalue weighted by atomic mass is 10.1. The summed E-state index contributed by atoms with van der Waals surface area (Å²) >= 11 is 0. The molecule has 4 N–H and O–H groups in total. The summed E-state index contributed by atoms with van der Waals surface area (Å²) in [7, 11) is 0. The van der Waals surface area contributed by atoms with E-state index in [0.717, 1.165) is 0 Å². The molecule has 0 aliphatic heterocycles. The van der Waals surface area contributed by atoms with Gasteiger partial charge in [-0.15, -0.1) is 0 Å². The van der Waals surface area contributed by atoms with Crippen molar-refractivity contribution in [1.29, 1.82) is 0 Å². The van der Waals surface area contributed by atoms with Gasteiger partial charge in [0.2, 0.25) is 5.91 Å². The number of amides is 1. The highest BCUT2D eigenvalue weighted by molar-refractivity contribution is 5.92. The molecular weight excluding hydrogens is 194 g/mol. The highest BCUT2D eigenvalue weighted by Gasteiger charge is 2.16. The van der Waals surface area contributed by atoms with Crippen LogP contribution in [0, 0.1) is 5.92 Å². The lowest BCUT2D eigenvalue weighted by molar-refractivity contribution is -0.119. The van der Waals surface area contributed by atoms with Gasteiger partial charge in [0.05, 0.1) is 5.92 Å². The zero-order valence-corrected chi connectivity index (χ0v) is 8.60. The van der Waals surface area contributed by atoms with Gasteiger partial charge in [0.1, 0.15) is 0 Å². The van der Waals surface area contributed by atoms with E-state index < -0.39 is 0 Å².